The van der Waals surface area contributed by atoms with E-state index < -0.39 is 0 Å². The van der Waals surface area contributed by atoms with Gasteiger partial charge in [-0.1, -0.05) is 15.9 Å². The van der Waals surface area contributed by atoms with Crippen LogP contribution in [-0.2, 0) is 4.79 Å². The number of likely N-dealkylation sites (tertiary alicyclic amines) is 1. The Labute approximate surface area is 144 Å². The minimum Gasteiger partial charge on any atom is -0.353 e. The molecule has 2 aliphatic rings. The van der Waals surface area contributed by atoms with Gasteiger partial charge >= 0.3 is 0 Å². The summed E-state index contributed by atoms with van der Waals surface area (Å²) < 4.78 is 0.939. The second-order valence-electron chi connectivity index (χ2n) is 6.20. The summed E-state index contributed by atoms with van der Waals surface area (Å²) in [5.74, 6) is -0.0872. The van der Waals surface area contributed by atoms with E-state index in [1.54, 1.807) is 17.0 Å². The standard InChI is InChI=1S/C17H22BrN3O2/c18-13-7-5-12(6-8-13)17(23)21-10-2-4-15(21)16(22)20-11-14-3-1-9-19-14/h5-8,14-15,19H,1-4,9-11H2,(H,20,22). The van der Waals surface area contributed by atoms with E-state index in [0.717, 1.165) is 36.7 Å². The third-order valence-electron chi connectivity index (χ3n) is 4.59. The van der Waals surface area contributed by atoms with Crippen LogP contribution in [0.5, 0.6) is 0 Å². The van der Waals surface area contributed by atoms with Crippen LogP contribution in [0.1, 0.15) is 36.0 Å². The first-order valence-electron chi connectivity index (χ1n) is 8.23. The smallest absolute Gasteiger partial charge is 0.254 e. The molecule has 2 saturated heterocycles. The van der Waals surface area contributed by atoms with Crippen LogP contribution in [0.4, 0.5) is 0 Å². The third-order valence-corrected chi connectivity index (χ3v) is 5.12. The van der Waals surface area contributed by atoms with Crippen LogP contribution in [0.3, 0.4) is 0 Å². The highest BCUT2D eigenvalue weighted by Gasteiger charge is 2.34. The van der Waals surface area contributed by atoms with E-state index >= 15 is 0 Å². The van der Waals surface area contributed by atoms with Crippen molar-refractivity contribution in [2.75, 3.05) is 19.6 Å². The Morgan fingerprint density at radius 2 is 2.00 bits per heavy atom. The van der Waals surface area contributed by atoms with Crippen LogP contribution in [0.2, 0.25) is 0 Å². The molecule has 0 bridgehead atoms. The largest absolute Gasteiger partial charge is 0.353 e. The van der Waals surface area contributed by atoms with Gasteiger partial charge < -0.3 is 15.5 Å². The Bertz CT molecular complexity index is 570. The van der Waals surface area contributed by atoms with Crippen molar-refractivity contribution in [3.8, 4) is 0 Å². The molecule has 0 spiro atoms. The summed E-state index contributed by atoms with van der Waals surface area (Å²) in [5, 5.41) is 6.38. The van der Waals surface area contributed by atoms with Gasteiger partial charge in [-0.05, 0) is 56.5 Å². The molecule has 1 aromatic rings. The maximum Gasteiger partial charge on any atom is 0.254 e. The van der Waals surface area contributed by atoms with Gasteiger partial charge in [0.15, 0.2) is 0 Å². The van der Waals surface area contributed by atoms with E-state index in [2.05, 4.69) is 26.6 Å². The minimum absolute atomic E-state index is 0.0262. The van der Waals surface area contributed by atoms with Crippen LogP contribution in [-0.4, -0.2) is 48.4 Å². The number of benzene rings is 1. The average molecular weight is 380 g/mol. The second kappa shape index (κ2) is 7.45. The van der Waals surface area contributed by atoms with Gasteiger partial charge in [-0.15, -0.1) is 0 Å². The zero-order chi connectivity index (χ0) is 16.2. The summed E-state index contributed by atoms with van der Waals surface area (Å²) in [7, 11) is 0. The minimum atomic E-state index is -0.340. The van der Waals surface area contributed by atoms with Crippen LogP contribution >= 0.6 is 15.9 Å². The van der Waals surface area contributed by atoms with Crippen LogP contribution in [0.25, 0.3) is 0 Å². The first-order chi connectivity index (χ1) is 11.1. The molecule has 2 atom stereocenters. The highest BCUT2D eigenvalue weighted by Crippen LogP contribution is 2.21. The molecule has 2 heterocycles. The van der Waals surface area contributed by atoms with Gasteiger partial charge in [-0.3, -0.25) is 9.59 Å². The van der Waals surface area contributed by atoms with E-state index in [0.29, 0.717) is 24.7 Å². The molecule has 2 N–H and O–H groups in total. The second-order valence-corrected chi connectivity index (χ2v) is 7.12. The molecule has 2 aliphatic heterocycles. The third kappa shape index (κ3) is 3.93. The molecule has 2 fully saturated rings. The van der Waals surface area contributed by atoms with Crippen molar-refractivity contribution in [1.29, 1.82) is 0 Å². The average Bonchev–Trinajstić information content (AvgIpc) is 3.24. The fourth-order valence-corrected chi connectivity index (χ4v) is 3.58. The highest BCUT2D eigenvalue weighted by molar-refractivity contribution is 9.10. The molecule has 124 valence electrons. The number of carbonyl (C=O) groups excluding carboxylic acids is 2. The first kappa shape index (κ1) is 16.5. The molecule has 0 aliphatic carbocycles. The lowest BCUT2D eigenvalue weighted by atomic mass is 10.1. The number of nitrogens with zero attached hydrogens (tertiary/aromatic N) is 1. The molecular formula is C17H22BrN3O2. The lowest BCUT2D eigenvalue weighted by Gasteiger charge is -2.24. The number of hydrogen-bond acceptors (Lipinski definition) is 3. The molecule has 23 heavy (non-hydrogen) atoms. The van der Waals surface area contributed by atoms with Crippen molar-refractivity contribution in [1.82, 2.24) is 15.5 Å². The Morgan fingerprint density at radius 3 is 2.70 bits per heavy atom. The molecule has 5 nitrogen and oxygen atoms in total. The van der Waals surface area contributed by atoms with E-state index in [-0.39, 0.29) is 17.9 Å². The van der Waals surface area contributed by atoms with Gasteiger partial charge in [0.25, 0.3) is 5.91 Å². The summed E-state index contributed by atoms with van der Waals surface area (Å²) >= 11 is 3.37. The summed E-state index contributed by atoms with van der Waals surface area (Å²) in [6.07, 6.45) is 3.89. The number of nitrogens with one attached hydrogen (secondary N) is 2. The van der Waals surface area contributed by atoms with Gasteiger partial charge in [-0.25, -0.2) is 0 Å². The van der Waals surface area contributed by atoms with Gasteiger partial charge in [-0.2, -0.15) is 0 Å². The SMILES string of the molecule is O=C(NCC1CCCN1)C1CCCN1C(=O)c1ccc(Br)cc1. The normalized spacial score (nSPS) is 24.0. The van der Waals surface area contributed by atoms with Crippen molar-refractivity contribution < 1.29 is 9.59 Å². The Hall–Kier alpha value is -1.40. The summed E-state index contributed by atoms with van der Waals surface area (Å²) in [5.41, 5.74) is 0.630. The monoisotopic (exact) mass is 379 g/mol. The molecule has 3 rings (SSSR count). The zero-order valence-electron chi connectivity index (χ0n) is 13.1. The Balaban J connectivity index is 1.61. The van der Waals surface area contributed by atoms with E-state index in [9.17, 15) is 9.59 Å². The van der Waals surface area contributed by atoms with Gasteiger partial charge in [0.05, 0.1) is 0 Å². The molecule has 2 unspecified atom stereocenters. The number of rotatable bonds is 4. The van der Waals surface area contributed by atoms with E-state index in [4.69, 9.17) is 0 Å². The van der Waals surface area contributed by atoms with Gasteiger partial charge in [0.1, 0.15) is 6.04 Å². The number of amides is 2. The molecule has 0 saturated carbocycles. The number of halogens is 1. The van der Waals surface area contributed by atoms with Crippen LogP contribution in [0.15, 0.2) is 28.7 Å². The lowest BCUT2D eigenvalue weighted by molar-refractivity contribution is -0.124. The van der Waals surface area contributed by atoms with E-state index in [1.165, 1.54) is 0 Å². The maximum atomic E-state index is 12.7. The Morgan fingerprint density at radius 1 is 1.22 bits per heavy atom. The van der Waals surface area contributed by atoms with Gasteiger partial charge in [0.2, 0.25) is 5.91 Å². The van der Waals surface area contributed by atoms with Gasteiger partial charge in [0, 0.05) is 29.2 Å². The number of carbonyl (C=O) groups is 2. The molecular weight excluding hydrogens is 358 g/mol. The Kier molecular flexibility index (Phi) is 5.33. The predicted octanol–water partition coefficient (Wildman–Crippen LogP) is 1.92. The van der Waals surface area contributed by atoms with Crippen molar-refractivity contribution in [2.45, 2.75) is 37.8 Å². The molecule has 0 aromatic heterocycles. The summed E-state index contributed by atoms with van der Waals surface area (Å²) in [6, 6.07) is 7.32. The summed E-state index contributed by atoms with van der Waals surface area (Å²) in [4.78, 5) is 26.8. The number of hydrogen-bond donors (Lipinski definition) is 2. The fourth-order valence-electron chi connectivity index (χ4n) is 3.31. The van der Waals surface area contributed by atoms with Crippen molar-refractivity contribution in [2.24, 2.45) is 0 Å². The fraction of sp³-hybridized carbons (Fsp3) is 0.529. The van der Waals surface area contributed by atoms with Crippen LogP contribution < -0.4 is 10.6 Å². The predicted molar refractivity (Wildman–Crippen MR) is 92.2 cm³/mol. The van der Waals surface area contributed by atoms with Crippen LogP contribution in [0, 0.1) is 0 Å². The molecule has 0 radical (unpaired) electrons. The maximum absolute atomic E-state index is 12.7. The highest BCUT2D eigenvalue weighted by atomic mass is 79.9. The zero-order valence-corrected chi connectivity index (χ0v) is 14.6. The van der Waals surface area contributed by atoms with Crippen molar-refractivity contribution in [3.63, 3.8) is 0 Å². The summed E-state index contributed by atoms with van der Waals surface area (Å²) in [6.45, 7) is 2.32. The van der Waals surface area contributed by atoms with Crippen molar-refractivity contribution in [3.05, 3.63) is 34.3 Å². The molecule has 1 aromatic carbocycles. The molecule has 6 heteroatoms. The first-order valence-corrected chi connectivity index (χ1v) is 9.02. The van der Waals surface area contributed by atoms with E-state index in [1.807, 2.05) is 12.1 Å². The van der Waals surface area contributed by atoms with Crippen molar-refractivity contribution >= 4 is 27.7 Å². The quantitative estimate of drug-likeness (QED) is 0.839. The molecule has 2 amide bonds. The topological polar surface area (TPSA) is 61.4 Å². The lowest BCUT2D eigenvalue weighted by Crippen LogP contribution is -2.48.